The number of anilines is 1. The van der Waals surface area contributed by atoms with E-state index in [9.17, 15) is 4.79 Å². The van der Waals surface area contributed by atoms with Gasteiger partial charge in [0.15, 0.2) is 0 Å². The molecule has 0 saturated carbocycles. The Morgan fingerprint density at radius 1 is 1.15 bits per heavy atom. The first-order chi connectivity index (χ1) is 9.83. The maximum atomic E-state index is 12.5. The first-order valence-corrected chi connectivity index (χ1v) is 8.21. The molecule has 2 aromatic rings. The number of hydrogen-bond donors (Lipinski definition) is 1. The quantitative estimate of drug-likeness (QED) is 0.861. The van der Waals surface area contributed by atoms with Gasteiger partial charge in [0, 0.05) is 18.8 Å². The third-order valence-electron chi connectivity index (χ3n) is 3.98. The predicted molar refractivity (Wildman–Crippen MR) is 78.7 cm³/mol. The molecule has 2 aliphatic heterocycles. The van der Waals surface area contributed by atoms with E-state index in [2.05, 4.69) is 20.0 Å². The van der Waals surface area contributed by atoms with Gasteiger partial charge in [-0.1, -0.05) is 0 Å². The third kappa shape index (κ3) is 1.91. The summed E-state index contributed by atoms with van der Waals surface area (Å²) in [6.45, 7) is 1.97. The van der Waals surface area contributed by atoms with Gasteiger partial charge in [-0.3, -0.25) is 4.79 Å². The number of nitrogens with zero attached hydrogens (tertiary/aromatic N) is 4. The summed E-state index contributed by atoms with van der Waals surface area (Å²) in [7, 11) is 0. The van der Waals surface area contributed by atoms with Gasteiger partial charge in [0.1, 0.15) is 0 Å². The molecule has 1 N–H and O–H groups in total. The highest BCUT2D eigenvalue weighted by Gasteiger charge is 2.21. The van der Waals surface area contributed by atoms with Gasteiger partial charge in [-0.2, -0.15) is 9.50 Å². The molecule has 0 aromatic carbocycles. The second-order valence-electron chi connectivity index (χ2n) is 5.38. The zero-order valence-electron chi connectivity index (χ0n) is 11.3. The van der Waals surface area contributed by atoms with Crippen LogP contribution in [0.1, 0.15) is 31.4 Å². The Morgan fingerprint density at radius 3 is 2.85 bits per heavy atom. The summed E-state index contributed by atoms with van der Waals surface area (Å²) in [6.07, 6.45) is 5.66. The molecule has 0 spiro atoms. The van der Waals surface area contributed by atoms with Gasteiger partial charge < -0.3 is 9.88 Å². The van der Waals surface area contributed by atoms with Crippen LogP contribution in [0.5, 0.6) is 0 Å². The van der Waals surface area contributed by atoms with E-state index in [4.69, 9.17) is 0 Å². The molecule has 0 bridgehead atoms. The molecular weight excluding hydrogens is 274 g/mol. The topological polar surface area (TPSA) is 66.3 Å². The minimum Gasteiger partial charge on any atom is -0.339 e. The minimum atomic E-state index is -0.0193. The van der Waals surface area contributed by atoms with Crippen LogP contribution < -0.4 is 10.5 Å². The lowest BCUT2D eigenvalue weighted by atomic mass is 10.1. The van der Waals surface area contributed by atoms with E-state index in [0.29, 0.717) is 11.7 Å². The maximum absolute atomic E-state index is 12.5. The van der Waals surface area contributed by atoms with E-state index in [0.717, 1.165) is 42.3 Å². The summed E-state index contributed by atoms with van der Waals surface area (Å²) in [4.78, 5) is 23.3. The van der Waals surface area contributed by atoms with Crippen LogP contribution in [-0.4, -0.2) is 38.4 Å². The number of aryl methyl sites for hydroxylation is 1. The normalized spacial score (nSPS) is 19.3. The number of aromatic nitrogens is 4. The number of aromatic amines is 1. The first kappa shape index (κ1) is 12.3. The Labute approximate surface area is 120 Å². The molecule has 0 unspecified atom stereocenters. The SMILES string of the molecule is O=c1c2c([nH]c3nc(N4CCCCC4)nn13)CCCS2. The number of fused-ring (bicyclic) bond motifs is 2. The molecule has 20 heavy (non-hydrogen) atoms. The van der Waals surface area contributed by atoms with Crippen molar-refractivity contribution in [1.82, 2.24) is 19.6 Å². The van der Waals surface area contributed by atoms with Crippen molar-refractivity contribution in [3.05, 3.63) is 16.0 Å². The molecule has 4 rings (SSSR count). The molecular formula is C13H17N5OS. The fraction of sp³-hybridized carbons (Fsp3) is 0.615. The monoisotopic (exact) mass is 291 g/mol. The third-order valence-corrected chi connectivity index (χ3v) is 5.18. The Kier molecular flexibility index (Phi) is 2.94. The Balaban J connectivity index is 1.82. The molecule has 1 saturated heterocycles. The lowest BCUT2D eigenvalue weighted by Crippen LogP contribution is -2.30. The molecule has 4 heterocycles. The summed E-state index contributed by atoms with van der Waals surface area (Å²) < 4.78 is 1.43. The predicted octanol–water partition coefficient (Wildman–Crippen LogP) is 1.45. The van der Waals surface area contributed by atoms with Crippen LogP contribution in [0.3, 0.4) is 0 Å². The summed E-state index contributed by atoms with van der Waals surface area (Å²) in [5, 5.41) is 4.42. The molecule has 0 amide bonds. The maximum Gasteiger partial charge on any atom is 0.289 e. The van der Waals surface area contributed by atoms with Gasteiger partial charge in [0.25, 0.3) is 5.56 Å². The van der Waals surface area contributed by atoms with Crippen LogP contribution in [-0.2, 0) is 6.42 Å². The van der Waals surface area contributed by atoms with Gasteiger partial charge in [-0.05, 0) is 37.9 Å². The van der Waals surface area contributed by atoms with Crippen molar-refractivity contribution in [3.8, 4) is 0 Å². The molecule has 7 heteroatoms. The molecule has 6 nitrogen and oxygen atoms in total. The number of H-pyrrole nitrogens is 1. The van der Waals surface area contributed by atoms with Crippen molar-refractivity contribution < 1.29 is 0 Å². The van der Waals surface area contributed by atoms with Crippen LogP contribution in [0.25, 0.3) is 5.78 Å². The molecule has 0 radical (unpaired) electrons. The average Bonchev–Trinajstić information content (AvgIpc) is 2.93. The lowest BCUT2D eigenvalue weighted by Gasteiger charge is -2.24. The first-order valence-electron chi connectivity index (χ1n) is 7.22. The fourth-order valence-electron chi connectivity index (χ4n) is 2.92. The van der Waals surface area contributed by atoms with Crippen LogP contribution in [0.15, 0.2) is 9.69 Å². The van der Waals surface area contributed by atoms with Crippen molar-refractivity contribution in [2.24, 2.45) is 0 Å². The minimum absolute atomic E-state index is 0.0193. The largest absolute Gasteiger partial charge is 0.339 e. The van der Waals surface area contributed by atoms with Gasteiger partial charge in [-0.25, -0.2) is 0 Å². The highest BCUT2D eigenvalue weighted by atomic mass is 32.2. The highest BCUT2D eigenvalue weighted by Crippen LogP contribution is 2.26. The second kappa shape index (κ2) is 4.80. The van der Waals surface area contributed by atoms with Crippen molar-refractivity contribution in [2.75, 3.05) is 23.7 Å². The number of rotatable bonds is 1. The Bertz CT molecular complexity index is 701. The molecule has 1 fully saturated rings. The van der Waals surface area contributed by atoms with Crippen molar-refractivity contribution in [1.29, 1.82) is 0 Å². The zero-order chi connectivity index (χ0) is 13.5. The van der Waals surface area contributed by atoms with Crippen LogP contribution in [0.2, 0.25) is 0 Å². The Morgan fingerprint density at radius 2 is 2.00 bits per heavy atom. The van der Waals surface area contributed by atoms with Gasteiger partial charge in [-0.15, -0.1) is 16.9 Å². The smallest absolute Gasteiger partial charge is 0.289 e. The summed E-state index contributed by atoms with van der Waals surface area (Å²) in [5.41, 5.74) is 1.01. The number of thioether (sulfide) groups is 1. The molecule has 2 aliphatic rings. The van der Waals surface area contributed by atoms with Crippen molar-refractivity contribution >= 4 is 23.5 Å². The molecule has 106 valence electrons. The van der Waals surface area contributed by atoms with E-state index < -0.39 is 0 Å². The average molecular weight is 291 g/mol. The number of nitrogens with one attached hydrogen (secondary N) is 1. The fourth-order valence-corrected chi connectivity index (χ4v) is 3.95. The number of hydrogen-bond acceptors (Lipinski definition) is 5. The number of piperidine rings is 1. The van der Waals surface area contributed by atoms with E-state index in [1.165, 1.54) is 23.8 Å². The van der Waals surface area contributed by atoms with E-state index in [1.807, 2.05) is 0 Å². The summed E-state index contributed by atoms with van der Waals surface area (Å²) >= 11 is 1.63. The second-order valence-corrected chi connectivity index (χ2v) is 6.49. The van der Waals surface area contributed by atoms with Gasteiger partial charge >= 0.3 is 0 Å². The Hall–Kier alpha value is -1.50. The van der Waals surface area contributed by atoms with Crippen molar-refractivity contribution in [3.63, 3.8) is 0 Å². The van der Waals surface area contributed by atoms with Crippen molar-refractivity contribution in [2.45, 2.75) is 37.0 Å². The van der Waals surface area contributed by atoms with E-state index in [1.54, 1.807) is 11.8 Å². The lowest BCUT2D eigenvalue weighted by molar-refractivity contribution is 0.568. The van der Waals surface area contributed by atoms with E-state index >= 15 is 0 Å². The standard InChI is InChI=1S/C13H17N5OS/c19-11-10-9(5-4-8-20-10)14-12-15-13(16-18(11)12)17-6-2-1-3-7-17/h1-8H2,(H,14,15,16). The highest BCUT2D eigenvalue weighted by molar-refractivity contribution is 7.99. The van der Waals surface area contributed by atoms with E-state index in [-0.39, 0.29) is 5.56 Å². The van der Waals surface area contributed by atoms with Crippen LogP contribution in [0, 0.1) is 0 Å². The van der Waals surface area contributed by atoms with Crippen LogP contribution >= 0.6 is 11.8 Å². The van der Waals surface area contributed by atoms with Gasteiger partial charge in [0.05, 0.1) is 4.90 Å². The zero-order valence-corrected chi connectivity index (χ0v) is 12.1. The van der Waals surface area contributed by atoms with Crippen LogP contribution in [0.4, 0.5) is 5.95 Å². The molecule has 0 atom stereocenters. The molecule has 2 aromatic heterocycles. The van der Waals surface area contributed by atoms with Gasteiger partial charge in [0.2, 0.25) is 11.7 Å². The summed E-state index contributed by atoms with van der Waals surface area (Å²) in [5.74, 6) is 2.28. The summed E-state index contributed by atoms with van der Waals surface area (Å²) in [6, 6.07) is 0. The molecule has 0 aliphatic carbocycles.